The molecule has 1 aromatic rings. The molecule has 0 aliphatic carbocycles. The first-order chi connectivity index (χ1) is 9.93. The van der Waals surface area contributed by atoms with Gasteiger partial charge in [-0.05, 0) is 30.4 Å². The fraction of sp³-hybridized carbons (Fsp3) is 0.500. The molecule has 1 rings (SSSR count). The van der Waals surface area contributed by atoms with Gasteiger partial charge in [0.1, 0.15) is 0 Å². The first-order valence-corrected chi connectivity index (χ1v) is 7.19. The van der Waals surface area contributed by atoms with Crippen molar-refractivity contribution in [3.05, 3.63) is 35.4 Å². The van der Waals surface area contributed by atoms with Crippen LogP contribution < -0.4 is 5.32 Å². The molecular formula is C16H23NO4. The third-order valence-corrected chi connectivity index (χ3v) is 3.32. The molecule has 0 radical (unpaired) electrons. The molecule has 0 saturated heterocycles. The largest absolute Gasteiger partial charge is 0.479 e. The van der Waals surface area contributed by atoms with Crippen molar-refractivity contribution in [2.45, 2.75) is 51.7 Å². The number of hydrogen-bond acceptors (Lipinski definition) is 3. The number of carboxylic acids is 1. The van der Waals surface area contributed by atoms with Gasteiger partial charge in [0.15, 0.2) is 6.10 Å². The van der Waals surface area contributed by atoms with Crippen molar-refractivity contribution in [1.29, 1.82) is 0 Å². The van der Waals surface area contributed by atoms with Crippen molar-refractivity contribution in [2.75, 3.05) is 0 Å². The molecule has 0 aromatic heterocycles. The van der Waals surface area contributed by atoms with Crippen LogP contribution in [0.25, 0.3) is 0 Å². The van der Waals surface area contributed by atoms with E-state index < -0.39 is 18.1 Å². The van der Waals surface area contributed by atoms with E-state index in [0.29, 0.717) is 0 Å². The normalized spacial score (nSPS) is 13.5. The minimum absolute atomic E-state index is 0.279. The Bertz CT molecular complexity index is 470. The Hall–Kier alpha value is -1.88. The summed E-state index contributed by atoms with van der Waals surface area (Å²) in [6.45, 7) is 3.44. The van der Waals surface area contributed by atoms with Gasteiger partial charge < -0.3 is 15.5 Å². The molecule has 2 unspecified atom stereocenters. The second kappa shape index (κ2) is 8.42. The maximum absolute atomic E-state index is 11.1. The van der Waals surface area contributed by atoms with Gasteiger partial charge in [0, 0.05) is 6.92 Å². The SMILES string of the molecule is CCCCc1ccc(CC(NC(C)=O)C(O)C(=O)O)cc1. The van der Waals surface area contributed by atoms with Crippen LogP contribution in [0.4, 0.5) is 0 Å². The smallest absolute Gasteiger partial charge is 0.334 e. The van der Waals surface area contributed by atoms with Crippen molar-refractivity contribution < 1.29 is 19.8 Å². The molecule has 2 atom stereocenters. The fourth-order valence-electron chi connectivity index (χ4n) is 2.15. The molecular weight excluding hydrogens is 270 g/mol. The van der Waals surface area contributed by atoms with E-state index in [-0.39, 0.29) is 12.3 Å². The molecule has 116 valence electrons. The Morgan fingerprint density at radius 1 is 1.19 bits per heavy atom. The number of carboxylic acid groups (broad SMARTS) is 1. The van der Waals surface area contributed by atoms with Crippen LogP contribution in [0.1, 0.15) is 37.8 Å². The van der Waals surface area contributed by atoms with E-state index in [1.807, 2.05) is 24.3 Å². The van der Waals surface area contributed by atoms with Crippen LogP contribution in [0.3, 0.4) is 0 Å². The summed E-state index contributed by atoms with van der Waals surface area (Å²) in [5.41, 5.74) is 2.12. The molecule has 0 aliphatic heterocycles. The second-order valence-corrected chi connectivity index (χ2v) is 5.21. The zero-order chi connectivity index (χ0) is 15.8. The van der Waals surface area contributed by atoms with E-state index in [1.165, 1.54) is 12.5 Å². The molecule has 3 N–H and O–H groups in total. The Labute approximate surface area is 125 Å². The highest BCUT2D eigenvalue weighted by Gasteiger charge is 2.26. The number of benzene rings is 1. The summed E-state index contributed by atoms with van der Waals surface area (Å²) in [5, 5.41) is 21.0. The number of aliphatic hydroxyl groups excluding tert-OH is 1. The summed E-state index contributed by atoms with van der Waals surface area (Å²) < 4.78 is 0. The van der Waals surface area contributed by atoms with Crippen molar-refractivity contribution in [2.24, 2.45) is 0 Å². The van der Waals surface area contributed by atoms with Crippen molar-refractivity contribution in [1.82, 2.24) is 5.32 Å². The predicted octanol–water partition coefficient (Wildman–Crippen LogP) is 1.52. The first-order valence-electron chi connectivity index (χ1n) is 7.19. The van der Waals surface area contributed by atoms with Crippen molar-refractivity contribution in [3.63, 3.8) is 0 Å². The Morgan fingerprint density at radius 3 is 2.24 bits per heavy atom. The zero-order valence-electron chi connectivity index (χ0n) is 12.5. The highest BCUT2D eigenvalue weighted by molar-refractivity contribution is 5.77. The highest BCUT2D eigenvalue weighted by Crippen LogP contribution is 2.11. The minimum Gasteiger partial charge on any atom is -0.479 e. The lowest BCUT2D eigenvalue weighted by Gasteiger charge is -2.21. The lowest BCUT2D eigenvalue weighted by atomic mass is 9.99. The standard InChI is InChI=1S/C16H23NO4/c1-3-4-5-12-6-8-13(9-7-12)10-14(17-11(2)18)15(19)16(20)21/h6-9,14-15,19H,3-5,10H2,1-2H3,(H,17,18)(H,20,21). The average molecular weight is 293 g/mol. The van der Waals surface area contributed by atoms with Gasteiger partial charge in [-0.15, -0.1) is 0 Å². The fourth-order valence-corrected chi connectivity index (χ4v) is 2.15. The number of hydrogen-bond donors (Lipinski definition) is 3. The summed E-state index contributed by atoms with van der Waals surface area (Å²) in [4.78, 5) is 22.0. The molecule has 0 bridgehead atoms. The summed E-state index contributed by atoms with van der Waals surface area (Å²) in [6.07, 6.45) is 1.95. The molecule has 5 nitrogen and oxygen atoms in total. The number of carbonyl (C=O) groups excluding carboxylic acids is 1. The summed E-state index contributed by atoms with van der Waals surface area (Å²) in [7, 11) is 0. The van der Waals surface area contributed by atoms with Crippen LogP contribution in [-0.2, 0) is 22.4 Å². The maximum atomic E-state index is 11.1. The molecule has 1 amide bonds. The monoisotopic (exact) mass is 293 g/mol. The van der Waals surface area contributed by atoms with Crippen molar-refractivity contribution in [3.8, 4) is 0 Å². The van der Waals surface area contributed by atoms with Crippen LogP contribution in [0, 0.1) is 0 Å². The van der Waals surface area contributed by atoms with E-state index in [2.05, 4.69) is 12.2 Å². The molecule has 0 fully saturated rings. The Morgan fingerprint density at radius 2 is 1.76 bits per heavy atom. The van der Waals surface area contributed by atoms with Gasteiger partial charge in [0.25, 0.3) is 0 Å². The molecule has 0 saturated carbocycles. The van der Waals surface area contributed by atoms with Gasteiger partial charge in [-0.3, -0.25) is 4.79 Å². The zero-order valence-corrected chi connectivity index (χ0v) is 12.5. The summed E-state index contributed by atoms with van der Waals surface area (Å²) >= 11 is 0. The number of carbonyl (C=O) groups is 2. The van der Waals surface area contributed by atoms with Gasteiger partial charge in [0.05, 0.1) is 6.04 Å². The Balaban J connectivity index is 2.73. The summed E-state index contributed by atoms with van der Waals surface area (Å²) in [5.74, 6) is -1.70. The quantitative estimate of drug-likeness (QED) is 0.678. The summed E-state index contributed by atoms with van der Waals surface area (Å²) in [6, 6.07) is 7.00. The van der Waals surface area contributed by atoms with Gasteiger partial charge in [0.2, 0.25) is 5.91 Å². The molecule has 0 spiro atoms. The van der Waals surface area contributed by atoms with Crippen LogP contribution in [0.2, 0.25) is 0 Å². The van der Waals surface area contributed by atoms with Crippen LogP contribution in [0.15, 0.2) is 24.3 Å². The number of amides is 1. The van der Waals surface area contributed by atoms with Crippen LogP contribution >= 0.6 is 0 Å². The molecule has 0 aliphatic rings. The number of aryl methyl sites for hydroxylation is 1. The molecule has 21 heavy (non-hydrogen) atoms. The maximum Gasteiger partial charge on any atom is 0.334 e. The number of unbranched alkanes of at least 4 members (excludes halogenated alkanes) is 1. The number of rotatable bonds is 8. The van der Waals surface area contributed by atoms with Gasteiger partial charge in [-0.1, -0.05) is 37.6 Å². The van der Waals surface area contributed by atoms with E-state index in [0.717, 1.165) is 24.8 Å². The van der Waals surface area contributed by atoms with E-state index >= 15 is 0 Å². The lowest BCUT2D eigenvalue weighted by Crippen LogP contribution is -2.47. The topological polar surface area (TPSA) is 86.6 Å². The van der Waals surface area contributed by atoms with Crippen LogP contribution in [0.5, 0.6) is 0 Å². The predicted molar refractivity (Wildman–Crippen MR) is 80.0 cm³/mol. The first kappa shape index (κ1) is 17.2. The minimum atomic E-state index is -1.62. The van der Waals surface area contributed by atoms with E-state index in [4.69, 9.17) is 5.11 Å². The van der Waals surface area contributed by atoms with Crippen LogP contribution in [-0.4, -0.2) is 34.2 Å². The van der Waals surface area contributed by atoms with E-state index in [1.54, 1.807) is 0 Å². The average Bonchev–Trinajstić information content (AvgIpc) is 2.44. The van der Waals surface area contributed by atoms with Gasteiger partial charge >= 0.3 is 5.97 Å². The molecule has 5 heteroatoms. The number of aliphatic carboxylic acids is 1. The third-order valence-electron chi connectivity index (χ3n) is 3.32. The number of nitrogens with one attached hydrogen (secondary N) is 1. The highest BCUT2D eigenvalue weighted by atomic mass is 16.4. The van der Waals surface area contributed by atoms with Crippen molar-refractivity contribution >= 4 is 11.9 Å². The lowest BCUT2D eigenvalue weighted by molar-refractivity contribution is -0.148. The number of aliphatic hydroxyl groups is 1. The molecule has 1 aromatic carbocycles. The van der Waals surface area contributed by atoms with Gasteiger partial charge in [-0.2, -0.15) is 0 Å². The third kappa shape index (κ3) is 5.95. The van der Waals surface area contributed by atoms with E-state index in [9.17, 15) is 14.7 Å². The molecule has 0 heterocycles. The Kier molecular flexibility index (Phi) is 6.88. The second-order valence-electron chi connectivity index (χ2n) is 5.21. The van der Waals surface area contributed by atoms with Gasteiger partial charge in [-0.25, -0.2) is 4.79 Å².